The van der Waals surface area contributed by atoms with Gasteiger partial charge in [0.15, 0.2) is 60.5 Å². The number of nitrogens with zero attached hydrogens (tertiary/aromatic N) is 1. The Labute approximate surface area is 335 Å². The van der Waals surface area contributed by atoms with Crippen LogP contribution in [0.4, 0.5) is 0 Å². The number of thiocarbonyl (C=S) groups is 1. The van der Waals surface area contributed by atoms with Crippen LogP contribution in [0.1, 0.15) is 48.5 Å². The van der Waals surface area contributed by atoms with Crippen molar-refractivity contribution in [3.63, 3.8) is 0 Å². The van der Waals surface area contributed by atoms with Gasteiger partial charge in [0.2, 0.25) is 0 Å². The van der Waals surface area contributed by atoms with Gasteiger partial charge >= 0.3 is 41.8 Å². The highest BCUT2D eigenvalue weighted by Gasteiger charge is 2.59. The fourth-order valence-electron chi connectivity index (χ4n) is 6.40. The molecule has 3 rings (SSSR count). The molecule has 10 unspecified atom stereocenters. The maximum absolute atomic E-state index is 12.5. The van der Waals surface area contributed by atoms with E-state index in [-0.39, 0.29) is 0 Å². The zero-order chi connectivity index (χ0) is 43.8. The third kappa shape index (κ3) is 12.3. The fraction of sp³-hybridized carbons (Fsp3) is 0.758. The van der Waals surface area contributed by atoms with Gasteiger partial charge in [0.1, 0.15) is 43.2 Å². The normalized spacial score (nSPS) is 32.3. The minimum absolute atomic E-state index is 0.406. The van der Waals surface area contributed by atoms with Crippen molar-refractivity contribution in [3.05, 3.63) is 0 Å². The maximum Gasteiger partial charge on any atom is 0.303 e. The summed E-state index contributed by atoms with van der Waals surface area (Å²) in [6, 6.07) is -1.60. The highest BCUT2D eigenvalue weighted by atomic mass is 32.1. The summed E-state index contributed by atoms with van der Waals surface area (Å²) in [7, 11) is 0. The molecule has 3 heterocycles. The smallest absolute Gasteiger partial charge is 0.303 e. The first-order chi connectivity index (χ1) is 27.1. The predicted molar refractivity (Wildman–Crippen MR) is 186 cm³/mol. The van der Waals surface area contributed by atoms with Crippen molar-refractivity contribution in [1.82, 2.24) is 10.2 Å². The molecule has 58 heavy (non-hydrogen) atoms. The average molecular weight is 857 g/mol. The van der Waals surface area contributed by atoms with Crippen LogP contribution in [-0.2, 0) is 80.9 Å². The molecule has 25 heteroatoms. The molecular formula is C33H48N2O22S. The molecular weight excluding hydrogens is 808 g/mol. The van der Waals surface area contributed by atoms with Crippen LogP contribution in [-0.4, -0.2) is 189 Å². The number of carbonyl (C=O) groups excluding carboxylic acids is 7. The van der Waals surface area contributed by atoms with E-state index in [0.29, 0.717) is 0 Å². The second-order valence-electron chi connectivity index (χ2n) is 13.2. The predicted octanol–water partition coefficient (Wildman–Crippen LogP) is -4.44. The van der Waals surface area contributed by atoms with Gasteiger partial charge < -0.3 is 78.2 Å². The van der Waals surface area contributed by atoms with Gasteiger partial charge in [0.25, 0.3) is 0 Å². The lowest BCUT2D eigenvalue weighted by molar-refractivity contribution is -0.324. The van der Waals surface area contributed by atoms with Gasteiger partial charge in [0, 0.05) is 48.5 Å². The van der Waals surface area contributed by atoms with E-state index in [0.717, 1.165) is 53.4 Å². The van der Waals surface area contributed by atoms with Crippen LogP contribution >= 0.6 is 12.2 Å². The summed E-state index contributed by atoms with van der Waals surface area (Å²) in [5.41, 5.74) is 0. The molecule has 0 aliphatic carbocycles. The number of aliphatic hydroxyl groups excluding tert-OH is 5. The minimum atomic E-state index is -2.03. The van der Waals surface area contributed by atoms with Gasteiger partial charge in [-0.1, -0.05) is 0 Å². The Balaban J connectivity index is 2.13. The van der Waals surface area contributed by atoms with Crippen molar-refractivity contribution >= 4 is 59.1 Å². The van der Waals surface area contributed by atoms with E-state index in [9.17, 15) is 59.1 Å². The largest absolute Gasteiger partial charge is 0.463 e. The quantitative estimate of drug-likeness (QED) is 0.0484. The molecule has 0 spiro atoms. The monoisotopic (exact) mass is 856 g/mol. The molecule has 328 valence electrons. The number of hydrogen-bond donors (Lipinski definition) is 6. The number of ether oxygens (including phenoxy) is 10. The summed E-state index contributed by atoms with van der Waals surface area (Å²) < 4.78 is 56.0. The van der Waals surface area contributed by atoms with Crippen LogP contribution in [0.3, 0.4) is 0 Å². The molecule has 3 fully saturated rings. The number of rotatable bonds is 16. The Morgan fingerprint density at radius 3 is 1.55 bits per heavy atom. The number of esters is 7. The third-order valence-corrected chi connectivity index (χ3v) is 8.92. The van der Waals surface area contributed by atoms with Crippen LogP contribution in [0, 0.1) is 0 Å². The lowest BCUT2D eigenvalue weighted by Crippen LogP contribution is -2.68. The Kier molecular flexibility index (Phi) is 17.5. The molecule has 0 aromatic heterocycles. The van der Waals surface area contributed by atoms with Gasteiger partial charge in [-0.2, -0.15) is 0 Å². The fourth-order valence-corrected chi connectivity index (χ4v) is 6.75. The van der Waals surface area contributed by atoms with Gasteiger partial charge in [-0.25, -0.2) is 0 Å². The zero-order valence-corrected chi connectivity index (χ0v) is 33.1. The van der Waals surface area contributed by atoms with Crippen molar-refractivity contribution in [2.24, 2.45) is 0 Å². The van der Waals surface area contributed by atoms with Crippen LogP contribution in [0.25, 0.3) is 0 Å². The van der Waals surface area contributed by atoms with E-state index in [1.54, 1.807) is 0 Å². The molecule has 0 aromatic rings. The molecule has 0 aromatic carbocycles. The lowest BCUT2D eigenvalue weighted by Gasteiger charge is -2.48. The Morgan fingerprint density at radius 2 is 1.09 bits per heavy atom. The van der Waals surface area contributed by atoms with Gasteiger partial charge in [-0.05, 0) is 12.2 Å². The van der Waals surface area contributed by atoms with Crippen LogP contribution in [0.2, 0.25) is 0 Å². The van der Waals surface area contributed by atoms with E-state index in [2.05, 4.69) is 5.32 Å². The van der Waals surface area contributed by atoms with Crippen LogP contribution in [0.5, 0.6) is 0 Å². The topological polar surface area (TPSA) is 328 Å². The summed E-state index contributed by atoms with van der Waals surface area (Å²) in [5.74, 6) is -6.52. The Hall–Kier alpha value is -4.34. The van der Waals surface area contributed by atoms with E-state index in [4.69, 9.17) is 59.6 Å². The van der Waals surface area contributed by atoms with Gasteiger partial charge in [-0.15, -0.1) is 0 Å². The first-order valence-electron chi connectivity index (χ1n) is 17.6. The van der Waals surface area contributed by atoms with Crippen molar-refractivity contribution in [2.75, 3.05) is 19.8 Å². The second-order valence-corrected chi connectivity index (χ2v) is 13.6. The van der Waals surface area contributed by atoms with Gasteiger partial charge in [0.05, 0.1) is 13.2 Å². The molecule has 15 atom stereocenters. The van der Waals surface area contributed by atoms with E-state index >= 15 is 0 Å². The molecule has 0 bridgehead atoms. The Bertz CT molecular complexity index is 1530. The Morgan fingerprint density at radius 1 is 0.655 bits per heavy atom. The summed E-state index contributed by atoms with van der Waals surface area (Å²) in [4.78, 5) is 86.9. The second kappa shape index (κ2) is 21.1. The summed E-state index contributed by atoms with van der Waals surface area (Å²) in [6.45, 7) is 4.62. The number of aliphatic hydroxyl groups is 5. The number of hydrogen-bond acceptors (Lipinski definition) is 23. The number of carbonyl (C=O) groups is 7. The first-order valence-corrected chi connectivity index (χ1v) is 18.0. The van der Waals surface area contributed by atoms with E-state index < -0.39 is 159 Å². The van der Waals surface area contributed by atoms with Crippen LogP contribution in [0.15, 0.2) is 0 Å². The standard InChI is InChI=1S/C33H48N2O22S/c1-11(37)48-9-20-25(51-13(3)39)27(53-15(5)41)29(55-17(7)43)32(57-20)49-10-19-24(50-12(2)38)26(52-14(4)40)28(54-16(6)42)31(56-19)35-30(47)21(34-33(35)58)23(46)22(45)18(44)8-36/h18-32,36,44-47H,8-10H2,1-7H3,(H,34,58)/t18-,19?,20?,21-,22-,23-,24?,25?,26?,27?,28?,29?,30-,31?,32?/m1/s1. The van der Waals surface area contributed by atoms with Crippen LogP contribution < -0.4 is 5.32 Å². The molecule has 6 N–H and O–H groups in total. The van der Waals surface area contributed by atoms with Crippen molar-refractivity contribution in [1.29, 1.82) is 0 Å². The molecule has 24 nitrogen and oxygen atoms in total. The summed E-state index contributed by atoms with van der Waals surface area (Å²) >= 11 is 5.40. The third-order valence-electron chi connectivity index (χ3n) is 8.59. The lowest BCUT2D eigenvalue weighted by atomic mass is 9.95. The zero-order valence-electron chi connectivity index (χ0n) is 32.3. The SMILES string of the molecule is CC(=O)OCC1OC(OCC2OC(N3C(=S)N[C@H]([C@@H](O)[C@H](O)[C@H](O)CO)[C@H]3O)C(OC(C)=O)C(OC(C)=O)C2OC(C)=O)C(OC(C)=O)C(OC(C)=O)C1OC(C)=O. The molecule has 3 aliphatic heterocycles. The highest BCUT2D eigenvalue weighted by Crippen LogP contribution is 2.36. The van der Waals surface area contributed by atoms with Crippen molar-refractivity contribution in [3.8, 4) is 0 Å². The molecule has 0 radical (unpaired) electrons. The van der Waals surface area contributed by atoms with E-state index in [1.165, 1.54) is 0 Å². The van der Waals surface area contributed by atoms with Crippen molar-refractivity contribution < 1.29 is 106 Å². The number of nitrogens with one attached hydrogen (secondary N) is 1. The maximum atomic E-state index is 12.5. The van der Waals surface area contributed by atoms with Gasteiger partial charge in [-0.3, -0.25) is 38.5 Å². The summed E-state index contributed by atoms with van der Waals surface area (Å²) in [5, 5.41) is 54.0. The van der Waals surface area contributed by atoms with Crippen molar-refractivity contribution in [2.45, 2.75) is 140 Å². The molecule has 0 saturated carbocycles. The molecule has 3 aliphatic rings. The highest BCUT2D eigenvalue weighted by molar-refractivity contribution is 7.80. The average Bonchev–Trinajstić information content (AvgIpc) is 3.41. The molecule has 3 saturated heterocycles. The van der Waals surface area contributed by atoms with E-state index in [1.807, 2.05) is 0 Å². The minimum Gasteiger partial charge on any atom is -0.463 e. The first kappa shape index (κ1) is 48.0. The summed E-state index contributed by atoms with van der Waals surface area (Å²) in [6.07, 6.45) is -24.7. The molecule has 0 amide bonds.